The molecule has 0 bridgehead atoms. The zero-order chi connectivity index (χ0) is 17.0. The van der Waals surface area contributed by atoms with Crippen molar-refractivity contribution in [2.75, 3.05) is 5.32 Å². The molecule has 0 spiro atoms. The lowest BCUT2D eigenvalue weighted by Crippen LogP contribution is -2.32. The normalized spacial score (nSPS) is 11.9. The first-order valence-electron chi connectivity index (χ1n) is 7.90. The predicted molar refractivity (Wildman–Crippen MR) is 93.2 cm³/mol. The summed E-state index contributed by atoms with van der Waals surface area (Å²) < 4.78 is 0. The number of hydrogen-bond acceptors (Lipinski definition) is 4. The van der Waals surface area contributed by atoms with Crippen LogP contribution in [0.1, 0.15) is 47.6 Å². The standard InChI is InChI=1S/C18H24N4O/c1-6-13(4)19-17(23)15-10-14(5)20-18(21-15)22-16-11(2)8-7-9-12(16)3/h7-10,13H,6H2,1-5H3,(H,19,23)(H,20,21,22). The van der Waals surface area contributed by atoms with Crippen LogP contribution >= 0.6 is 0 Å². The largest absolute Gasteiger partial charge is 0.348 e. The molecule has 0 aliphatic heterocycles. The van der Waals surface area contributed by atoms with E-state index in [1.54, 1.807) is 6.07 Å². The lowest BCUT2D eigenvalue weighted by Gasteiger charge is -2.14. The molecule has 0 saturated carbocycles. The van der Waals surface area contributed by atoms with Crippen LogP contribution < -0.4 is 10.6 Å². The molecule has 2 rings (SSSR count). The summed E-state index contributed by atoms with van der Waals surface area (Å²) in [5, 5.41) is 6.17. The van der Waals surface area contributed by atoms with Crippen molar-refractivity contribution in [3.8, 4) is 0 Å². The number of carbonyl (C=O) groups excluding carboxylic acids is 1. The SMILES string of the molecule is CCC(C)NC(=O)c1cc(C)nc(Nc2c(C)cccc2C)n1. The van der Waals surface area contributed by atoms with Crippen LogP contribution in [0.5, 0.6) is 0 Å². The minimum absolute atomic E-state index is 0.118. The zero-order valence-electron chi connectivity index (χ0n) is 14.4. The summed E-state index contributed by atoms with van der Waals surface area (Å²) in [7, 11) is 0. The van der Waals surface area contributed by atoms with Gasteiger partial charge in [0.2, 0.25) is 5.95 Å². The summed E-state index contributed by atoms with van der Waals surface area (Å²) in [4.78, 5) is 21.0. The second kappa shape index (κ2) is 7.22. The number of anilines is 2. The summed E-state index contributed by atoms with van der Waals surface area (Å²) >= 11 is 0. The van der Waals surface area contributed by atoms with Crippen LogP contribution in [0.25, 0.3) is 0 Å². The van der Waals surface area contributed by atoms with E-state index in [2.05, 4.69) is 20.6 Å². The minimum atomic E-state index is -0.172. The van der Waals surface area contributed by atoms with E-state index in [4.69, 9.17) is 0 Å². The van der Waals surface area contributed by atoms with Crippen molar-refractivity contribution >= 4 is 17.5 Å². The number of rotatable bonds is 5. The van der Waals surface area contributed by atoms with Crippen LogP contribution in [0.15, 0.2) is 24.3 Å². The van der Waals surface area contributed by atoms with Gasteiger partial charge in [-0.05, 0) is 51.3 Å². The maximum absolute atomic E-state index is 12.3. The van der Waals surface area contributed by atoms with Crippen LogP contribution in [-0.2, 0) is 0 Å². The molecule has 23 heavy (non-hydrogen) atoms. The molecule has 2 N–H and O–H groups in total. The molecule has 1 atom stereocenters. The minimum Gasteiger partial charge on any atom is -0.348 e. The van der Waals surface area contributed by atoms with E-state index in [9.17, 15) is 4.79 Å². The molecule has 1 aromatic heterocycles. The van der Waals surface area contributed by atoms with Crippen LogP contribution in [0, 0.1) is 20.8 Å². The highest BCUT2D eigenvalue weighted by Gasteiger charge is 2.13. The number of amides is 1. The fraction of sp³-hybridized carbons (Fsp3) is 0.389. The van der Waals surface area contributed by atoms with Crippen molar-refractivity contribution < 1.29 is 4.79 Å². The van der Waals surface area contributed by atoms with Crippen LogP contribution in [0.3, 0.4) is 0 Å². The summed E-state index contributed by atoms with van der Waals surface area (Å²) in [5.74, 6) is 0.270. The molecule has 0 saturated heterocycles. The molecule has 0 fully saturated rings. The molecule has 1 amide bonds. The van der Waals surface area contributed by atoms with Gasteiger partial charge in [-0.15, -0.1) is 0 Å². The third-order valence-electron chi connectivity index (χ3n) is 3.79. The van der Waals surface area contributed by atoms with Gasteiger partial charge < -0.3 is 10.6 Å². The Morgan fingerprint density at radius 3 is 2.43 bits per heavy atom. The van der Waals surface area contributed by atoms with Gasteiger partial charge >= 0.3 is 0 Å². The number of nitrogens with one attached hydrogen (secondary N) is 2. The van der Waals surface area contributed by atoms with Crippen LogP contribution in [0.4, 0.5) is 11.6 Å². The topological polar surface area (TPSA) is 66.9 Å². The number of para-hydroxylation sites is 1. The molecule has 1 aromatic carbocycles. The Morgan fingerprint density at radius 1 is 1.17 bits per heavy atom. The summed E-state index contributed by atoms with van der Waals surface area (Å²) in [6, 6.07) is 7.89. The van der Waals surface area contributed by atoms with E-state index in [0.717, 1.165) is 28.9 Å². The molecule has 1 unspecified atom stereocenters. The second-order valence-corrected chi connectivity index (χ2v) is 5.89. The Balaban J connectivity index is 2.29. The van der Waals surface area contributed by atoms with Gasteiger partial charge in [0.15, 0.2) is 0 Å². The maximum Gasteiger partial charge on any atom is 0.270 e. The summed E-state index contributed by atoms with van der Waals surface area (Å²) in [5.41, 5.74) is 4.34. The molecule has 5 heteroatoms. The van der Waals surface area contributed by atoms with Gasteiger partial charge in [-0.2, -0.15) is 0 Å². The van der Waals surface area contributed by atoms with E-state index in [0.29, 0.717) is 11.6 Å². The number of hydrogen-bond donors (Lipinski definition) is 2. The van der Waals surface area contributed by atoms with Crippen LogP contribution in [-0.4, -0.2) is 21.9 Å². The highest BCUT2D eigenvalue weighted by Crippen LogP contribution is 2.22. The van der Waals surface area contributed by atoms with Gasteiger partial charge in [0, 0.05) is 17.4 Å². The molecule has 1 heterocycles. The van der Waals surface area contributed by atoms with Gasteiger partial charge in [0.1, 0.15) is 5.69 Å². The fourth-order valence-electron chi connectivity index (χ4n) is 2.26. The Morgan fingerprint density at radius 2 is 1.83 bits per heavy atom. The highest BCUT2D eigenvalue weighted by atomic mass is 16.1. The van der Waals surface area contributed by atoms with Gasteiger partial charge in [-0.1, -0.05) is 25.1 Å². The van der Waals surface area contributed by atoms with Crippen molar-refractivity contribution in [3.05, 3.63) is 46.8 Å². The molecular weight excluding hydrogens is 288 g/mol. The van der Waals surface area contributed by atoms with E-state index in [1.807, 2.05) is 52.8 Å². The number of benzene rings is 1. The zero-order valence-corrected chi connectivity index (χ0v) is 14.4. The molecule has 5 nitrogen and oxygen atoms in total. The average molecular weight is 312 g/mol. The summed E-state index contributed by atoms with van der Waals surface area (Å²) in [6.45, 7) is 9.92. The molecule has 0 aliphatic rings. The number of aryl methyl sites for hydroxylation is 3. The molecule has 2 aromatic rings. The van der Waals surface area contributed by atoms with Gasteiger partial charge in [-0.25, -0.2) is 9.97 Å². The Kier molecular flexibility index (Phi) is 5.32. The smallest absolute Gasteiger partial charge is 0.270 e. The first kappa shape index (κ1) is 16.9. The van der Waals surface area contributed by atoms with Crippen molar-refractivity contribution in [2.24, 2.45) is 0 Å². The fourth-order valence-corrected chi connectivity index (χ4v) is 2.26. The maximum atomic E-state index is 12.3. The molecule has 0 aliphatic carbocycles. The van der Waals surface area contributed by atoms with Crippen LogP contribution in [0.2, 0.25) is 0 Å². The Labute approximate surface area is 137 Å². The number of aromatic nitrogens is 2. The van der Waals surface area contributed by atoms with Crippen molar-refractivity contribution in [1.82, 2.24) is 15.3 Å². The quantitative estimate of drug-likeness (QED) is 0.884. The van der Waals surface area contributed by atoms with E-state index in [-0.39, 0.29) is 11.9 Å². The first-order chi connectivity index (χ1) is 10.9. The third kappa shape index (κ3) is 4.28. The Bertz CT molecular complexity index is 692. The predicted octanol–water partition coefficient (Wildman–Crippen LogP) is 3.67. The third-order valence-corrected chi connectivity index (χ3v) is 3.79. The van der Waals surface area contributed by atoms with Gasteiger partial charge in [0.25, 0.3) is 5.91 Å². The van der Waals surface area contributed by atoms with E-state index in [1.165, 1.54) is 0 Å². The van der Waals surface area contributed by atoms with Crippen molar-refractivity contribution in [3.63, 3.8) is 0 Å². The van der Waals surface area contributed by atoms with Gasteiger partial charge in [-0.3, -0.25) is 4.79 Å². The van der Waals surface area contributed by atoms with Gasteiger partial charge in [0.05, 0.1) is 0 Å². The lowest BCUT2D eigenvalue weighted by molar-refractivity contribution is 0.0934. The average Bonchev–Trinajstić information content (AvgIpc) is 2.50. The molecule has 0 radical (unpaired) electrons. The van der Waals surface area contributed by atoms with Crippen molar-refractivity contribution in [2.45, 2.75) is 47.1 Å². The van der Waals surface area contributed by atoms with E-state index < -0.39 is 0 Å². The van der Waals surface area contributed by atoms with Crippen molar-refractivity contribution in [1.29, 1.82) is 0 Å². The highest BCUT2D eigenvalue weighted by molar-refractivity contribution is 5.92. The molecule has 122 valence electrons. The number of carbonyl (C=O) groups is 1. The van der Waals surface area contributed by atoms with E-state index >= 15 is 0 Å². The summed E-state index contributed by atoms with van der Waals surface area (Å²) in [6.07, 6.45) is 0.878. The molecular formula is C18H24N4O. The first-order valence-corrected chi connectivity index (χ1v) is 7.90. The monoisotopic (exact) mass is 312 g/mol. The Hall–Kier alpha value is -2.43. The number of nitrogens with zero attached hydrogens (tertiary/aromatic N) is 2. The second-order valence-electron chi connectivity index (χ2n) is 5.89. The lowest BCUT2D eigenvalue weighted by atomic mass is 10.1.